The zero-order valence-corrected chi connectivity index (χ0v) is 59.1. The molecule has 5 heteroatoms. The summed E-state index contributed by atoms with van der Waals surface area (Å²) in [6.45, 7) is 0. The summed E-state index contributed by atoms with van der Waals surface area (Å²) in [7, 11) is 0. The molecule has 0 bridgehead atoms. The average molecular weight is 1410 g/mol. The molecule has 2 aromatic heterocycles. The lowest BCUT2D eigenvalue weighted by atomic mass is 9.85. The molecule has 0 aliphatic carbocycles. The fourth-order valence-corrected chi connectivity index (χ4v) is 16.1. The van der Waals surface area contributed by atoms with Crippen molar-refractivity contribution in [2.24, 2.45) is 0 Å². The van der Waals surface area contributed by atoms with E-state index in [1.165, 1.54) is 137 Å². The van der Waals surface area contributed by atoms with E-state index in [4.69, 9.17) is 0 Å². The van der Waals surface area contributed by atoms with E-state index in [9.17, 15) is 0 Å². The van der Waals surface area contributed by atoms with E-state index in [0.29, 0.717) is 0 Å². The molecule has 105 heavy (non-hydrogen) atoms. The van der Waals surface area contributed by atoms with Crippen molar-refractivity contribution in [1.29, 1.82) is 0 Å². The van der Waals surface area contributed by atoms with Gasteiger partial charge in [-0.05, 0) is 209 Å². The molecular weight excluding hydrogens is 1340 g/mol. The van der Waals surface area contributed by atoms with Gasteiger partial charge in [-0.15, -0.1) is 0 Å². The van der Waals surface area contributed by atoms with Crippen LogP contribution in [0.25, 0.3) is 143 Å². The van der Waals surface area contributed by atoms with Crippen LogP contribution in [0, 0.1) is 0 Å². The summed E-state index contributed by atoms with van der Waals surface area (Å²) < 4.78 is 5.80. The number of aromatic nitrogens is 2. The van der Waals surface area contributed by atoms with Crippen LogP contribution in [0.4, 0.5) is 28.4 Å². The molecule has 20 rings (SSSR count). The number of halogens is 1. The lowest BCUT2D eigenvalue weighted by molar-refractivity contribution is 1.18. The summed E-state index contributed by atoms with van der Waals surface area (Å²) in [5, 5.41) is 18.6. The minimum Gasteiger partial charge on any atom is -0.356 e. The number of rotatable bonds is 11. The van der Waals surface area contributed by atoms with Crippen molar-refractivity contribution in [3.05, 3.63) is 417 Å². The molecule has 0 aliphatic rings. The quantitative estimate of drug-likeness (QED) is 0.131. The third-order valence-electron chi connectivity index (χ3n) is 20.2. The van der Waals surface area contributed by atoms with Gasteiger partial charge >= 0.3 is 0 Å². The number of benzene rings is 18. The monoisotopic (exact) mass is 1400 g/mol. The Kier molecular flexibility index (Phi) is 17.2. The average Bonchev–Trinajstić information content (AvgIpc) is 1.50. The predicted molar refractivity (Wildman–Crippen MR) is 452 cm³/mol. The first-order valence-corrected chi connectivity index (χ1v) is 36.5. The van der Waals surface area contributed by atoms with E-state index in [1.54, 1.807) is 0 Å². The molecule has 0 unspecified atom stereocenters. The maximum absolute atomic E-state index is 3.68. The van der Waals surface area contributed by atoms with Crippen molar-refractivity contribution in [2.45, 2.75) is 0 Å². The SMILES string of the molecule is Brc1ccc2c(-c3ccccc3)c3ccccc3c(-c3ccccc3)c2c1.c1ccc(-c2c3ccccc3c(-c3ccccc3)c3cc(N(c4ccccc4)c4ccc5c(c4)c4ccccc4n5-c4ccccc4)ccc23)cc1.c1ccc(Nc2ccc3c(c2)c2ccccc2n3-c2ccccc2)cc1. The molecule has 0 amide bonds. The molecule has 0 aliphatic heterocycles. The van der Waals surface area contributed by atoms with Crippen molar-refractivity contribution in [1.82, 2.24) is 9.13 Å². The molecule has 496 valence electrons. The van der Waals surface area contributed by atoms with Gasteiger partial charge in [0.05, 0.1) is 22.1 Å². The van der Waals surface area contributed by atoms with E-state index >= 15 is 0 Å². The topological polar surface area (TPSA) is 25.1 Å². The summed E-state index contributed by atoms with van der Waals surface area (Å²) in [4.78, 5) is 2.40. The highest BCUT2D eigenvalue weighted by Crippen LogP contribution is 2.49. The predicted octanol–water partition coefficient (Wildman–Crippen LogP) is 28.5. The van der Waals surface area contributed by atoms with Gasteiger partial charge in [-0.2, -0.15) is 0 Å². The molecule has 0 atom stereocenters. The van der Waals surface area contributed by atoms with Gasteiger partial charge < -0.3 is 19.4 Å². The van der Waals surface area contributed by atoms with E-state index in [0.717, 1.165) is 38.6 Å². The maximum Gasteiger partial charge on any atom is 0.0542 e. The number of nitrogens with one attached hydrogen (secondary N) is 1. The molecule has 0 saturated heterocycles. The second kappa shape index (κ2) is 28.2. The number of hydrogen-bond donors (Lipinski definition) is 1. The Bertz CT molecular complexity index is 6520. The van der Waals surface area contributed by atoms with Crippen LogP contribution < -0.4 is 10.2 Å². The van der Waals surface area contributed by atoms with E-state index < -0.39 is 0 Å². The van der Waals surface area contributed by atoms with Crippen LogP contribution in [0.1, 0.15) is 0 Å². The van der Waals surface area contributed by atoms with Crippen LogP contribution in [-0.2, 0) is 0 Å². The van der Waals surface area contributed by atoms with Gasteiger partial charge in [0.2, 0.25) is 0 Å². The Morgan fingerprint density at radius 1 is 0.200 bits per heavy atom. The zero-order valence-electron chi connectivity index (χ0n) is 57.5. The Morgan fingerprint density at radius 2 is 0.505 bits per heavy atom. The van der Waals surface area contributed by atoms with Crippen molar-refractivity contribution in [2.75, 3.05) is 10.2 Å². The van der Waals surface area contributed by atoms with E-state index in [1.807, 2.05) is 18.2 Å². The highest BCUT2D eigenvalue weighted by molar-refractivity contribution is 9.10. The standard InChI is InChI=1S/C50H34N2.C26H17Br.C24H18N2/c1-5-17-35(18-6-1)49-42-26-13-14-27-43(42)50(36-19-7-2-8-20-36)46-34-39(29-31-44(46)49)51(37-21-9-3-10-22-37)40-30-32-48-45(33-40)41-25-15-16-28-47(41)52(48)38-23-11-4-12-24-38;27-20-15-16-23-24(17-20)26(19-11-5-2-6-12-19)22-14-8-7-13-21(22)25(23)18-9-3-1-4-10-18;1-3-9-18(10-4-1)25-19-15-16-24-22(17-19)21-13-7-8-14-23(21)26(24)20-11-5-2-6-12-20/h1-34H;1-17H;1-17,25H. The molecule has 18 aromatic carbocycles. The number of nitrogens with zero attached hydrogens (tertiary/aromatic N) is 3. The number of anilines is 5. The molecule has 20 aromatic rings. The molecule has 1 N–H and O–H groups in total. The first-order chi connectivity index (χ1) is 52.1. The van der Waals surface area contributed by atoms with Gasteiger partial charge in [-0.1, -0.05) is 307 Å². The van der Waals surface area contributed by atoms with Crippen molar-refractivity contribution < 1.29 is 0 Å². The Balaban J connectivity index is 0.000000124. The van der Waals surface area contributed by atoms with Crippen LogP contribution in [0.2, 0.25) is 0 Å². The fraction of sp³-hybridized carbons (Fsp3) is 0. The Hall–Kier alpha value is -13.3. The van der Waals surface area contributed by atoms with E-state index in [2.05, 4.69) is 430 Å². The first kappa shape index (κ1) is 63.8. The van der Waals surface area contributed by atoms with Gasteiger partial charge in [-0.25, -0.2) is 0 Å². The van der Waals surface area contributed by atoms with Gasteiger partial charge in [0.1, 0.15) is 0 Å². The van der Waals surface area contributed by atoms with Crippen molar-refractivity contribution in [3.8, 4) is 55.9 Å². The van der Waals surface area contributed by atoms with Gasteiger partial charge in [-0.3, -0.25) is 0 Å². The minimum absolute atomic E-state index is 1.10. The normalized spacial score (nSPS) is 11.3. The summed E-state index contributed by atoms with van der Waals surface area (Å²) >= 11 is 3.68. The molecule has 2 heterocycles. The lowest BCUT2D eigenvalue weighted by Crippen LogP contribution is -2.10. The Labute approximate surface area is 619 Å². The minimum atomic E-state index is 1.10. The van der Waals surface area contributed by atoms with E-state index in [-0.39, 0.29) is 0 Å². The molecule has 0 spiro atoms. The molecule has 0 radical (unpaired) electrons. The smallest absolute Gasteiger partial charge is 0.0542 e. The summed E-state index contributed by atoms with van der Waals surface area (Å²) in [5.41, 5.74) is 22.7. The number of para-hydroxylation sites is 6. The van der Waals surface area contributed by atoms with Crippen molar-refractivity contribution in [3.63, 3.8) is 0 Å². The second-order valence-corrected chi connectivity index (χ2v) is 27.4. The summed E-state index contributed by atoms with van der Waals surface area (Å²) in [6, 6.07) is 147. The third-order valence-corrected chi connectivity index (χ3v) is 20.7. The lowest BCUT2D eigenvalue weighted by Gasteiger charge is -2.27. The summed E-state index contributed by atoms with van der Waals surface area (Å²) in [5.74, 6) is 0. The van der Waals surface area contributed by atoms with Crippen LogP contribution in [0.5, 0.6) is 0 Å². The van der Waals surface area contributed by atoms with Crippen LogP contribution in [0.3, 0.4) is 0 Å². The van der Waals surface area contributed by atoms with Crippen LogP contribution >= 0.6 is 15.9 Å². The summed E-state index contributed by atoms with van der Waals surface area (Å²) in [6.07, 6.45) is 0. The fourth-order valence-electron chi connectivity index (χ4n) is 15.7. The molecule has 0 saturated carbocycles. The third kappa shape index (κ3) is 12.1. The number of fused-ring (bicyclic) bond motifs is 10. The Morgan fingerprint density at radius 3 is 0.952 bits per heavy atom. The van der Waals surface area contributed by atoms with Gasteiger partial charge in [0, 0.05) is 65.8 Å². The molecule has 0 fully saturated rings. The van der Waals surface area contributed by atoms with Crippen LogP contribution in [0.15, 0.2) is 417 Å². The second-order valence-electron chi connectivity index (χ2n) is 26.4. The van der Waals surface area contributed by atoms with Crippen molar-refractivity contribution >= 4 is 131 Å². The number of hydrogen-bond acceptors (Lipinski definition) is 2. The zero-order chi connectivity index (χ0) is 70.0. The first-order valence-electron chi connectivity index (χ1n) is 35.7. The van der Waals surface area contributed by atoms with Gasteiger partial charge in [0.15, 0.2) is 0 Å². The molecule has 4 nitrogen and oxygen atoms in total. The maximum atomic E-state index is 3.68. The largest absolute Gasteiger partial charge is 0.356 e. The highest BCUT2D eigenvalue weighted by atomic mass is 79.9. The highest BCUT2D eigenvalue weighted by Gasteiger charge is 2.23. The molecular formula is C100H69BrN4. The van der Waals surface area contributed by atoms with Crippen LogP contribution in [-0.4, -0.2) is 9.13 Å². The van der Waals surface area contributed by atoms with Gasteiger partial charge in [0.25, 0.3) is 0 Å².